The maximum atomic E-state index is 12.3. The van der Waals surface area contributed by atoms with Crippen LogP contribution in [0.15, 0.2) is 36.4 Å². The number of carbonyl (C=O) groups excluding carboxylic acids is 3. The van der Waals surface area contributed by atoms with Gasteiger partial charge in [0.25, 0.3) is 0 Å². The first kappa shape index (κ1) is 21.2. The summed E-state index contributed by atoms with van der Waals surface area (Å²) in [5, 5.41) is 5.49. The zero-order valence-electron chi connectivity index (χ0n) is 17.1. The standard InChI is InChI=1S/C22H27N3O3/c1-14-12-15(2)22(16(3)13-14)25(18(5)27)11-10-21(28)24-20-8-6-19(7-9-20)23-17(4)26/h6-9,12-13H,10-11H2,1-5H3,(H,23,26)(H,24,28). The average Bonchev–Trinajstić information content (AvgIpc) is 2.58. The number of amides is 3. The van der Waals surface area contributed by atoms with Gasteiger partial charge >= 0.3 is 0 Å². The third-order valence-electron chi connectivity index (χ3n) is 4.34. The Kier molecular flexibility index (Phi) is 6.93. The Morgan fingerprint density at radius 2 is 1.36 bits per heavy atom. The molecule has 0 atom stereocenters. The van der Waals surface area contributed by atoms with Crippen LogP contribution in [-0.2, 0) is 14.4 Å². The van der Waals surface area contributed by atoms with Crippen molar-refractivity contribution < 1.29 is 14.4 Å². The van der Waals surface area contributed by atoms with E-state index in [9.17, 15) is 14.4 Å². The fourth-order valence-corrected chi connectivity index (χ4v) is 3.30. The molecule has 0 bridgehead atoms. The highest BCUT2D eigenvalue weighted by molar-refractivity contribution is 5.96. The van der Waals surface area contributed by atoms with Gasteiger partial charge < -0.3 is 15.5 Å². The van der Waals surface area contributed by atoms with E-state index >= 15 is 0 Å². The van der Waals surface area contributed by atoms with Crippen LogP contribution in [0.25, 0.3) is 0 Å². The van der Waals surface area contributed by atoms with Gasteiger partial charge in [0.15, 0.2) is 0 Å². The number of rotatable bonds is 6. The van der Waals surface area contributed by atoms with Crippen molar-refractivity contribution in [3.8, 4) is 0 Å². The third-order valence-corrected chi connectivity index (χ3v) is 4.34. The Balaban J connectivity index is 2.03. The maximum Gasteiger partial charge on any atom is 0.226 e. The lowest BCUT2D eigenvalue weighted by atomic mass is 10.0. The highest BCUT2D eigenvalue weighted by Gasteiger charge is 2.18. The summed E-state index contributed by atoms with van der Waals surface area (Å²) in [5.41, 5.74) is 5.34. The summed E-state index contributed by atoms with van der Waals surface area (Å²) >= 11 is 0. The van der Waals surface area contributed by atoms with Gasteiger partial charge in [-0.1, -0.05) is 17.7 Å². The first-order valence-corrected chi connectivity index (χ1v) is 9.21. The molecule has 0 aliphatic heterocycles. The van der Waals surface area contributed by atoms with E-state index in [0.717, 1.165) is 22.4 Å². The molecule has 2 rings (SSSR count). The lowest BCUT2D eigenvalue weighted by Gasteiger charge is -2.25. The lowest BCUT2D eigenvalue weighted by Crippen LogP contribution is -2.33. The normalized spacial score (nSPS) is 10.3. The molecule has 2 N–H and O–H groups in total. The Bertz CT molecular complexity index is 865. The van der Waals surface area contributed by atoms with Crippen LogP contribution >= 0.6 is 0 Å². The third kappa shape index (κ3) is 5.67. The number of benzene rings is 2. The van der Waals surface area contributed by atoms with Crippen LogP contribution in [-0.4, -0.2) is 24.3 Å². The molecule has 0 heterocycles. The predicted octanol–water partition coefficient (Wildman–Crippen LogP) is 3.95. The summed E-state index contributed by atoms with van der Waals surface area (Å²) in [5.74, 6) is -0.425. The average molecular weight is 381 g/mol. The van der Waals surface area contributed by atoms with E-state index in [1.165, 1.54) is 13.8 Å². The second-order valence-corrected chi connectivity index (χ2v) is 6.97. The van der Waals surface area contributed by atoms with Crippen LogP contribution in [0.2, 0.25) is 0 Å². The van der Waals surface area contributed by atoms with E-state index in [4.69, 9.17) is 0 Å². The first-order chi connectivity index (χ1) is 13.2. The van der Waals surface area contributed by atoms with Crippen molar-refractivity contribution in [2.45, 2.75) is 41.0 Å². The highest BCUT2D eigenvalue weighted by Crippen LogP contribution is 2.26. The molecule has 0 aliphatic rings. The van der Waals surface area contributed by atoms with Crippen LogP contribution in [0.5, 0.6) is 0 Å². The van der Waals surface area contributed by atoms with Crippen LogP contribution < -0.4 is 15.5 Å². The molecule has 0 radical (unpaired) electrons. The van der Waals surface area contributed by atoms with E-state index in [2.05, 4.69) is 10.6 Å². The van der Waals surface area contributed by atoms with Gasteiger partial charge in [0.05, 0.1) is 0 Å². The van der Waals surface area contributed by atoms with Gasteiger partial charge in [-0.3, -0.25) is 14.4 Å². The van der Waals surface area contributed by atoms with Gasteiger partial charge in [0, 0.05) is 43.9 Å². The molecule has 2 aromatic carbocycles. The molecule has 0 spiro atoms. The Morgan fingerprint density at radius 3 is 1.82 bits per heavy atom. The number of hydrogen-bond acceptors (Lipinski definition) is 3. The molecule has 0 fully saturated rings. The van der Waals surface area contributed by atoms with Crippen molar-refractivity contribution >= 4 is 34.8 Å². The zero-order chi connectivity index (χ0) is 20.8. The molecular formula is C22H27N3O3. The van der Waals surface area contributed by atoms with Gasteiger partial charge in [-0.25, -0.2) is 0 Å². The van der Waals surface area contributed by atoms with E-state index < -0.39 is 0 Å². The smallest absolute Gasteiger partial charge is 0.226 e. The van der Waals surface area contributed by atoms with Gasteiger partial charge in [0.2, 0.25) is 17.7 Å². The molecule has 0 unspecified atom stereocenters. The van der Waals surface area contributed by atoms with Gasteiger partial charge in [-0.15, -0.1) is 0 Å². The molecule has 0 aliphatic carbocycles. The minimum atomic E-state index is -0.180. The van der Waals surface area contributed by atoms with Crippen molar-refractivity contribution in [3.63, 3.8) is 0 Å². The Labute approximate surface area is 165 Å². The summed E-state index contributed by atoms with van der Waals surface area (Å²) in [6.07, 6.45) is 0.180. The predicted molar refractivity (Wildman–Crippen MR) is 113 cm³/mol. The summed E-state index contributed by atoms with van der Waals surface area (Å²) in [6, 6.07) is 11.0. The molecule has 0 saturated carbocycles. The van der Waals surface area contributed by atoms with Crippen LogP contribution in [0, 0.1) is 20.8 Å². The number of anilines is 3. The minimum absolute atomic E-state index is 0.0949. The lowest BCUT2D eigenvalue weighted by molar-refractivity contribution is -0.117. The highest BCUT2D eigenvalue weighted by atomic mass is 16.2. The fraction of sp³-hybridized carbons (Fsp3) is 0.318. The van der Waals surface area contributed by atoms with Crippen LogP contribution in [0.1, 0.15) is 37.0 Å². The van der Waals surface area contributed by atoms with E-state index in [1.807, 2.05) is 32.9 Å². The second kappa shape index (κ2) is 9.17. The molecular weight excluding hydrogens is 354 g/mol. The maximum absolute atomic E-state index is 12.3. The van der Waals surface area contributed by atoms with Crippen molar-refractivity contribution in [3.05, 3.63) is 53.1 Å². The molecule has 3 amide bonds. The van der Waals surface area contributed by atoms with E-state index in [1.54, 1.807) is 29.2 Å². The number of nitrogens with one attached hydrogen (secondary N) is 2. The Morgan fingerprint density at radius 1 is 0.857 bits per heavy atom. The molecule has 0 saturated heterocycles. The number of aryl methyl sites for hydroxylation is 3. The molecule has 6 nitrogen and oxygen atoms in total. The summed E-state index contributed by atoms with van der Waals surface area (Å²) in [6.45, 7) is 9.22. The Hall–Kier alpha value is -3.15. The number of carbonyl (C=O) groups is 3. The van der Waals surface area contributed by atoms with Crippen molar-refractivity contribution in [1.82, 2.24) is 0 Å². The SMILES string of the molecule is CC(=O)Nc1ccc(NC(=O)CCN(C(C)=O)c2c(C)cc(C)cc2C)cc1. The van der Waals surface area contributed by atoms with Crippen molar-refractivity contribution in [2.24, 2.45) is 0 Å². The molecule has 2 aromatic rings. The van der Waals surface area contributed by atoms with Crippen molar-refractivity contribution in [1.29, 1.82) is 0 Å². The fourth-order valence-electron chi connectivity index (χ4n) is 3.30. The summed E-state index contributed by atoms with van der Waals surface area (Å²) in [7, 11) is 0. The van der Waals surface area contributed by atoms with Gasteiger partial charge in [-0.2, -0.15) is 0 Å². The zero-order valence-corrected chi connectivity index (χ0v) is 17.1. The van der Waals surface area contributed by atoms with E-state index in [-0.39, 0.29) is 24.1 Å². The summed E-state index contributed by atoms with van der Waals surface area (Å²) in [4.78, 5) is 37.2. The van der Waals surface area contributed by atoms with Crippen LogP contribution in [0.4, 0.5) is 17.1 Å². The molecule has 0 aromatic heterocycles. The molecule has 28 heavy (non-hydrogen) atoms. The minimum Gasteiger partial charge on any atom is -0.326 e. The first-order valence-electron chi connectivity index (χ1n) is 9.21. The molecule has 6 heteroatoms. The molecule has 148 valence electrons. The number of hydrogen-bond donors (Lipinski definition) is 2. The van der Waals surface area contributed by atoms with Gasteiger partial charge in [0.1, 0.15) is 0 Å². The quantitative estimate of drug-likeness (QED) is 0.795. The van der Waals surface area contributed by atoms with Crippen LogP contribution in [0.3, 0.4) is 0 Å². The summed E-state index contributed by atoms with van der Waals surface area (Å²) < 4.78 is 0. The van der Waals surface area contributed by atoms with E-state index in [0.29, 0.717) is 17.9 Å². The largest absolute Gasteiger partial charge is 0.326 e. The number of nitrogens with zero attached hydrogens (tertiary/aromatic N) is 1. The topological polar surface area (TPSA) is 78.5 Å². The van der Waals surface area contributed by atoms with Crippen molar-refractivity contribution in [2.75, 3.05) is 22.1 Å². The monoisotopic (exact) mass is 381 g/mol. The second-order valence-electron chi connectivity index (χ2n) is 6.97. The van der Waals surface area contributed by atoms with Gasteiger partial charge in [-0.05, 0) is 56.2 Å².